The van der Waals surface area contributed by atoms with Crippen molar-refractivity contribution in [2.24, 2.45) is 5.73 Å². The minimum absolute atomic E-state index is 0.279. The largest absolute Gasteiger partial charge is 0.326 e. The third-order valence-corrected chi connectivity index (χ3v) is 3.68. The molecule has 1 unspecified atom stereocenters. The van der Waals surface area contributed by atoms with Gasteiger partial charge in [-0.15, -0.1) is 0 Å². The van der Waals surface area contributed by atoms with E-state index in [9.17, 15) is 0 Å². The number of thioether (sulfide) groups is 1. The SMILES string of the molecule is NC(CS)CSCCI. The first kappa shape index (κ1) is 10.4. The molecule has 0 aromatic heterocycles. The lowest BCUT2D eigenvalue weighted by Gasteiger charge is -2.05. The number of hydrogen-bond acceptors (Lipinski definition) is 3. The molecule has 2 N–H and O–H groups in total. The fourth-order valence-electron chi connectivity index (χ4n) is 0.342. The van der Waals surface area contributed by atoms with Gasteiger partial charge in [0.2, 0.25) is 0 Å². The van der Waals surface area contributed by atoms with Crippen molar-refractivity contribution in [3.8, 4) is 0 Å². The molecule has 0 aliphatic carbocycles. The molecule has 0 fully saturated rings. The van der Waals surface area contributed by atoms with Gasteiger partial charge >= 0.3 is 0 Å². The predicted octanol–water partition coefficient (Wildman–Crippen LogP) is 1.41. The van der Waals surface area contributed by atoms with Crippen molar-refractivity contribution >= 4 is 47.0 Å². The monoisotopic (exact) mass is 277 g/mol. The quantitative estimate of drug-likeness (QED) is 0.344. The van der Waals surface area contributed by atoms with E-state index in [-0.39, 0.29) is 6.04 Å². The molecule has 0 aliphatic heterocycles. The van der Waals surface area contributed by atoms with Gasteiger partial charge in [0, 0.05) is 27.7 Å². The highest BCUT2D eigenvalue weighted by atomic mass is 127. The second-order valence-corrected chi connectivity index (χ2v) is 4.30. The predicted molar refractivity (Wildman–Crippen MR) is 58.0 cm³/mol. The minimum atomic E-state index is 0.279. The third-order valence-electron chi connectivity index (χ3n) is 0.788. The van der Waals surface area contributed by atoms with Crippen LogP contribution < -0.4 is 5.73 Å². The van der Waals surface area contributed by atoms with Crippen LogP contribution in [-0.2, 0) is 0 Å². The van der Waals surface area contributed by atoms with Crippen LogP contribution in [0.2, 0.25) is 0 Å². The lowest BCUT2D eigenvalue weighted by atomic mass is 10.4. The molecule has 0 heterocycles. The van der Waals surface area contributed by atoms with Gasteiger partial charge in [0.15, 0.2) is 0 Å². The van der Waals surface area contributed by atoms with Crippen molar-refractivity contribution in [3.63, 3.8) is 0 Å². The Bertz CT molecular complexity index is 62.9. The maximum absolute atomic E-state index is 5.61. The Balaban J connectivity index is 2.88. The third kappa shape index (κ3) is 7.29. The summed E-state index contributed by atoms with van der Waals surface area (Å²) in [6, 6.07) is 0.279. The van der Waals surface area contributed by atoms with Crippen LogP contribution in [-0.4, -0.2) is 27.7 Å². The topological polar surface area (TPSA) is 26.0 Å². The maximum Gasteiger partial charge on any atom is 0.0219 e. The minimum Gasteiger partial charge on any atom is -0.326 e. The molecule has 9 heavy (non-hydrogen) atoms. The maximum atomic E-state index is 5.61. The molecule has 0 rings (SSSR count). The highest BCUT2D eigenvalue weighted by Gasteiger charge is 1.97. The summed E-state index contributed by atoms with van der Waals surface area (Å²) in [5.41, 5.74) is 5.61. The zero-order valence-corrected chi connectivity index (χ0v) is 9.08. The molecule has 0 radical (unpaired) electrons. The van der Waals surface area contributed by atoms with E-state index in [2.05, 4.69) is 35.2 Å². The molecule has 56 valence electrons. The molecule has 0 aromatic carbocycles. The van der Waals surface area contributed by atoms with Gasteiger partial charge in [0.05, 0.1) is 0 Å². The molecule has 0 amide bonds. The van der Waals surface area contributed by atoms with E-state index in [1.165, 1.54) is 10.2 Å². The summed E-state index contributed by atoms with van der Waals surface area (Å²) in [7, 11) is 0. The molecule has 4 heteroatoms. The van der Waals surface area contributed by atoms with Crippen LogP contribution in [0.15, 0.2) is 0 Å². The van der Waals surface area contributed by atoms with E-state index in [1.807, 2.05) is 11.8 Å². The van der Waals surface area contributed by atoms with Gasteiger partial charge in [0.25, 0.3) is 0 Å². The molecule has 0 aromatic rings. The number of thiol groups is 1. The summed E-state index contributed by atoms with van der Waals surface area (Å²) < 4.78 is 1.21. The molecular formula is C5H12INS2. The average Bonchev–Trinajstić information content (AvgIpc) is 1.89. The van der Waals surface area contributed by atoms with E-state index in [0.29, 0.717) is 0 Å². The molecule has 0 saturated carbocycles. The van der Waals surface area contributed by atoms with E-state index >= 15 is 0 Å². The molecule has 0 aliphatic rings. The standard InChI is InChI=1S/C5H12INS2/c6-1-2-9-4-5(7)3-8/h5,8H,1-4,7H2. The summed E-state index contributed by atoms with van der Waals surface area (Å²) >= 11 is 8.35. The molecule has 0 bridgehead atoms. The van der Waals surface area contributed by atoms with Gasteiger partial charge in [-0.25, -0.2) is 0 Å². The smallest absolute Gasteiger partial charge is 0.0219 e. The first-order valence-corrected chi connectivity index (χ1v) is 6.12. The van der Waals surface area contributed by atoms with Gasteiger partial charge < -0.3 is 5.73 Å². The van der Waals surface area contributed by atoms with Gasteiger partial charge in [-0.1, -0.05) is 22.6 Å². The van der Waals surface area contributed by atoms with Crippen molar-refractivity contribution in [1.82, 2.24) is 0 Å². The lowest BCUT2D eigenvalue weighted by molar-refractivity contribution is 0.863. The fourth-order valence-corrected chi connectivity index (χ4v) is 2.28. The van der Waals surface area contributed by atoms with Crippen molar-refractivity contribution < 1.29 is 0 Å². The summed E-state index contributed by atoms with van der Waals surface area (Å²) in [5.74, 6) is 3.06. The van der Waals surface area contributed by atoms with Crippen LogP contribution in [0.25, 0.3) is 0 Å². The highest BCUT2D eigenvalue weighted by Crippen LogP contribution is 2.03. The number of rotatable bonds is 5. The Labute approximate surface area is 80.1 Å². The van der Waals surface area contributed by atoms with Crippen molar-refractivity contribution in [2.45, 2.75) is 6.04 Å². The molecule has 1 atom stereocenters. The normalized spacial score (nSPS) is 13.7. The lowest BCUT2D eigenvalue weighted by Crippen LogP contribution is -2.24. The van der Waals surface area contributed by atoms with E-state index in [4.69, 9.17) is 5.73 Å². The Hall–Kier alpha value is 1.39. The molecule has 0 spiro atoms. The van der Waals surface area contributed by atoms with Crippen LogP contribution in [0, 0.1) is 0 Å². The second kappa shape index (κ2) is 7.50. The van der Waals surface area contributed by atoms with Crippen LogP contribution in [0.1, 0.15) is 0 Å². The fraction of sp³-hybridized carbons (Fsp3) is 1.00. The Morgan fingerprint density at radius 2 is 2.33 bits per heavy atom. The van der Waals surface area contributed by atoms with E-state index in [1.54, 1.807) is 0 Å². The van der Waals surface area contributed by atoms with E-state index < -0.39 is 0 Å². The zero-order valence-electron chi connectivity index (χ0n) is 5.22. The van der Waals surface area contributed by atoms with Gasteiger partial charge in [-0.2, -0.15) is 24.4 Å². The number of nitrogens with two attached hydrogens (primary N) is 1. The van der Waals surface area contributed by atoms with Crippen molar-refractivity contribution in [3.05, 3.63) is 0 Å². The van der Waals surface area contributed by atoms with Crippen LogP contribution in [0.4, 0.5) is 0 Å². The zero-order chi connectivity index (χ0) is 7.11. The Kier molecular flexibility index (Phi) is 8.65. The second-order valence-electron chi connectivity index (χ2n) is 1.71. The summed E-state index contributed by atoms with van der Waals surface area (Å²) in [4.78, 5) is 0. The summed E-state index contributed by atoms with van der Waals surface area (Å²) in [5, 5.41) is 0. The highest BCUT2D eigenvalue weighted by molar-refractivity contribution is 14.1. The van der Waals surface area contributed by atoms with E-state index in [0.717, 1.165) is 11.5 Å². The molecule has 0 saturated heterocycles. The first-order valence-electron chi connectivity index (χ1n) is 2.81. The number of hydrogen-bond donors (Lipinski definition) is 2. The average molecular weight is 277 g/mol. The number of halogens is 1. The van der Waals surface area contributed by atoms with Gasteiger partial charge in [-0.3, -0.25) is 0 Å². The Morgan fingerprint density at radius 1 is 1.67 bits per heavy atom. The van der Waals surface area contributed by atoms with Crippen LogP contribution in [0.5, 0.6) is 0 Å². The van der Waals surface area contributed by atoms with Crippen LogP contribution >= 0.6 is 47.0 Å². The Morgan fingerprint density at radius 3 is 2.78 bits per heavy atom. The van der Waals surface area contributed by atoms with Crippen molar-refractivity contribution in [2.75, 3.05) is 21.7 Å². The summed E-state index contributed by atoms with van der Waals surface area (Å²) in [6.07, 6.45) is 0. The first-order chi connectivity index (χ1) is 4.31. The van der Waals surface area contributed by atoms with Crippen molar-refractivity contribution in [1.29, 1.82) is 0 Å². The number of alkyl halides is 1. The van der Waals surface area contributed by atoms with Gasteiger partial charge in [0.1, 0.15) is 0 Å². The molecule has 1 nitrogen and oxygen atoms in total. The van der Waals surface area contributed by atoms with Gasteiger partial charge in [-0.05, 0) is 0 Å². The van der Waals surface area contributed by atoms with Crippen LogP contribution in [0.3, 0.4) is 0 Å². The molecular weight excluding hydrogens is 265 g/mol. The summed E-state index contributed by atoms with van der Waals surface area (Å²) in [6.45, 7) is 0.